The summed E-state index contributed by atoms with van der Waals surface area (Å²) in [5.74, 6) is 0. The van der Waals surface area contributed by atoms with Gasteiger partial charge >= 0.3 is 7.12 Å². The number of nitrogens with zero attached hydrogens (tertiary/aromatic N) is 1. The zero-order valence-corrected chi connectivity index (χ0v) is 7.14. The Morgan fingerprint density at radius 3 is 2.71 bits per heavy atom. The molecular weight excluding hydrogens is 183 g/mol. The molecule has 0 aromatic heterocycles. The second kappa shape index (κ2) is 4.41. The van der Waals surface area contributed by atoms with Crippen LogP contribution in [0.15, 0.2) is 18.2 Å². The summed E-state index contributed by atoms with van der Waals surface area (Å²) in [4.78, 5) is 10.2. The molecule has 1 aromatic rings. The number of rotatable bonds is 3. The number of amides is 1. The molecule has 1 aromatic carbocycles. The average molecular weight is 190 g/mol. The third-order valence-electron chi connectivity index (χ3n) is 1.67. The molecule has 0 atom stereocenters. The van der Waals surface area contributed by atoms with Crippen LogP contribution in [0.3, 0.4) is 0 Å². The van der Waals surface area contributed by atoms with Crippen molar-refractivity contribution in [2.24, 2.45) is 0 Å². The second-order valence-electron chi connectivity index (χ2n) is 2.55. The van der Waals surface area contributed by atoms with E-state index in [4.69, 9.17) is 15.3 Å². The van der Waals surface area contributed by atoms with Gasteiger partial charge in [0.05, 0.1) is 11.6 Å². The van der Waals surface area contributed by atoms with Gasteiger partial charge in [-0.2, -0.15) is 5.26 Å². The van der Waals surface area contributed by atoms with Gasteiger partial charge in [-0.25, -0.2) is 0 Å². The highest BCUT2D eigenvalue weighted by molar-refractivity contribution is 6.60. The van der Waals surface area contributed by atoms with Gasteiger partial charge in [0.1, 0.15) is 0 Å². The smallest absolute Gasteiger partial charge is 0.423 e. The number of hydrogen-bond acceptors (Lipinski definition) is 4. The Morgan fingerprint density at radius 2 is 2.21 bits per heavy atom. The van der Waals surface area contributed by atoms with Gasteiger partial charge in [0.25, 0.3) is 0 Å². The molecule has 5 nitrogen and oxygen atoms in total. The Bertz CT molecular complexity index is 387. The maximum atomic E-state index is 10.2. The molecule has 0 fully saturated rings. The fourth-order valence-corrected chi connectivity index (χ4v) is 1.04. The minimum absolute atomic E-state index is 0.149. The highest BCUT2D eigenvalue weighted by Gasteiger charge is 2.15. The molecule has 14 heavy (non-hydrogen) atoms. The quantitative estimate of drug-likeness (QED) is 0.412. The van der Waals surface area contributed by atoms with Gasteiger partial charge in [-0.15, -0.1) is 0 Å². The van der Waals surface area contributed by atoms with E-state index in [1.165, 1.54) is 18.2 Å². The molecule has 0 spiro atoms. The summed E-state index contributed by atoms with van der Waals surface area (Å²) in [6.45, 7) is 0. The summed E-state index contributed by atoms with van der Waals surface area (Å²) < 4.78 is 0. The van der Waals surface area contributed by atoms with E-state index in [1.807, 2.05) is 6.07 Å². The van der Waals surface area contributed by atoms with Gasteiger partial charge in [0.2, 0.25) is 6.41 Å². The summed E-state index contributed by atoms with van der Waals surface area (Å²) in [5.41, 5.74) is 0.698. The summed E-state index contributed by atoms with van der Waals surface area (Å²) in [6, 6.07) is 6.04. The minimum atomic E-state index is -1.68. The molecule has 6 heteroatoms. The number of hydrogen-bond donors (Lipinski definition) is 3. The Hall–Kier alpha value is -1.84. The Morgan fingerprint density at radius 1 is 1.50 bits per heavy atom. The number of nitrogens with one attached hydrogen (secondary N) is 1. The number of anilines is 1. The molecule has 0 aliphatic heterocycles. The monoisotopic (exact) mass is 190 g/mol. The first kappa shape index (κ1) is 10.2. The molecule has 0 bridgehead atoms. The predicted octanol–water partition coefficient (Wildman–Crippen LogP) is -1.19. The molecule has 0 radical (unpaired) electrons. The number of nitriles is 1. The van der Waals surface area contributed by atoms with E-state index in [-0.39, 0.29) is 11.2 Å². The van der Waals surface area contributed by atoms with E-state index in [0.29, 0.717) is 12.0 Å². The molecule has 3 N–H and O–H groups in total. The topological polar surface area (TPSA) is 93.3 Å². The van der Waals surface area contributed by atoms with Crippen molar-refractivity contribution in [2.45, 2.75) is 0 Å². The van der Waals surface area contributed by atoms with Gasteiger partial charge in [-0.1, -0.05) is 6.07 Å². The van der Waals surface area contributed by atoms with Gasteiger partial charge in [-0.05, 0) is 12.1 Å². The highest BCUT2D eigenvalue weighted by atomic mass is 16.4. The van der Waals surface area contributed by atoms with Crippen LogP contribution in [-0.4, -0.2) is 23.6 Å². The molecule has 0 unspecified atom stereocenters. The lowest BCUT2D eigenvalue weighted by Crippen LogP contribution is -2.32. The van der Waals surface area contributed by atoms with E-state index < -0.39 is 7.12 Å². The van der Waals surface area contributed by atoms with Crippen LogP contribution >= 0.6 is 0 Å². The maximum absolute atomic E-state index is 10.2. The molecule has 1 amide bonds. The van der Waals surface area contributed by atoms with Crippen LogP contribution in [-0.2, 0) is 4.79 Å². The van der Waals surface area contributed by atoms with Crippen LogP contribution in [0, 0.1) is 11.3 Å². The minimum Gasteiger partial charge on any atom is -0.423 e. The predicted molar refractivity (Wildman–Crippen MR) is 50.7 cm³/mol. The third kappa shape index (κ3) is 2.10. The number of benzene rings is 1. The van der Waals surface area contributed by atoms with Crippen LogP contribution in [0.25, 0.3) is 0 Å². The van der Waals surface area contributed by atoms with E-state index in [0.717, 1.165) is 0 Å². The summed E-state index contributed by atoms with van der Waals surface area (Å²) in [5, 5.41) is 28.7. The Kier molecular flexibility index (Phi) is 3.23. The first-order chi connectivity index (χ1) is 6.69. The third-order valence-corrected chi connectivity index (χ3v) is 1.67. The largest absolute Gasteiger partial charge is 0.490 e. The molecule has 0 aliphatic rings. The first-order valence-electron chi connectivity index (χ1n) is 3.79. The highest BCUT2D eigenvalue weighted by Crippen LogP contribution is 2.07. The fraction of sp³-hybridized carbons (Fsp3) is 0. The zero-order chi connectivity index (χ0) is 10.6. The van der Waals surface area contributed by atoms with E-state index in [2.05, 4.69) is 5.32 Å². The number of carbonyl (C=O) groups excluding carboxylic acids is 1. The molecule has 70 valence electrons. The summed E-state index contributed by atoms with van der Waals surface area (Å²) in [6.07, 6.45) is 0.405. The lowest BCUT2D eigenvalue weighted by atomic mass is 9.78. The molecule has 0 saturated heterocycles. The van der Waals surface area contributed by atoms with Crippen LogP contribution in [0.5, 0.6) is 0 Å². The lowest BCUT2D eigenvalue weighted by Gasteiger charge is -2.06. The molecule has 0 aliphatic carbocycles. The summed E-state index contributed by atoms with van der Waals surface area (Å²) in [7, 11) is -1.68. The fourth-order valence-electron chi connectivity index (χ4n) is 1.04. The Balaban J connectivity index is 3.17. The van der Waals surface area contributed by atoms with Crippen LogP contribution in [0.1, 0.15) is 5.56 Å². The van der Waals surface area contributed by atoms with Crippen molar-refractivity contribution in [2.75, 3.05) is 5.32 Å². The molecule has 0 heterocycles. The van der Waals surface area contributed by atoms with Gasteiger partial charge in [0, 0.05) is 11.2 Å². The van der Waals surface area contributed by atoms with Crippen molar-refractivity contribution in [3.8, 4) is 6.07 Å². The normalized spacial score (nSPS) is 8.93. The van der Waals surface area contributed by atoms with Crippen molar-refractivity contribution in [1.82, 2.24) is 0 Å². The number of carbonyl (C=O) groups is 1. The molecular formula is C8H7BN2O3. The standard InChI is InChI=1S/C8H7BN2O3/c10-4-6-1-2-7(9(13)14)8(3-6)11-5-12/h1-3,5,13-14H,(H,11,12). The van der Waals surface area contributed by atoms with Crippen molar-refractivity contribution < 1.29 is 14.8 Å². The van der Waals surface area contributed by atoms with Crippen molar-refractivity contribution in [3.63, 3.8) is 0 Å². The Labute approximate surface area is 80.7 Å². The van der Waals surface area contributed by atoms with E-state index >= 15 is 0 Å². The second-order valence-corrected chi connectivity index (χ2v) is 2.55. The zero-order valence-electron chi connectivity index (χ0n) is 7.14. The van der Waals surface area contributed by atoms with Crippen LogP contribution in [0.2, 0.25) is 0 Å². The van der Waals surface area contributed by atoms with Crippen molar-refractivity contribution in [1.29, 1.82) is 5.26 Å². The maximum Gasteiger partial charge on any atom is 0.490 e. The van der Waals surface area contributed by atoms with Gasteiger partial charge in [-0.3, -0.25) is 4.79 Å². The van der Waals surface area contributed by atoms with E-state index in [9.17, 15) is 4.79 Å². The lowest BCUT2D eigenvalue weighted by molar-refractivity contribution is -0.105. The molecule has 0 saturated carbocycles. The summed E-state index contributed by atoms with van der Waals surface area (Å²) >= 11 is 0. The van der Waals surface area contributed by atoms with Crippen LogP contribution in [0.4, 0.5) is 5.69 Å². The average Bonchev–Trinajstić information content (AvgIpc) is 2.17. The van der Waals surface area contributed by atoms with Gasteiger partial charge in [0.15, 0.2) is 0 Å². The van der Waals surface area contributed by atoms with Crippen LogP contribution < -0.4 is 10.8 Å². The SMILES string of the molecule is N#Cc1ccc(B(O)O)c(NC=O)c1. The first-order valence-corrected chi connectivity index (χ1v) is 3.79. The van der Waals surface area contributed by atoms with E-state index in [1.54, 1.807) is 0 Å². The molecule has 1 rings (SSSR count). The van der Waals surface area contributed by atoms with Crippen molar-refractivity contribution >= 4 is 24.7 Å². The van der Waals surface area contributed by atoms with Gasteiger partial charge < -0.3 is 15.4 Å². The van der Waals surface area contributed by atoms with Crippen molar-refractivity contribution in [3.05, 3.63) is 23.8 Å².